The number of anilines is 1. The minimum absolute atomic E-state index is 0.288. The van der Waals surface area contributed by atoms with E-state index in [1.807, 2.05) is 62.4 Å². The van der Waals surface area contributed by atoms with Crippen LogP contribution in [0.25, 0.3) is 0 Å². The van der Waals surface area contributed by atoms with E-state index < -0.39 is 12.1 Å². The van der Waals surface area contributed by atoms with Crippen LogP contribution >= 0.6 is 0 Å². The molecule has 0 unspecified atom stereocenters. The fraction of sp³-hybridized carbons (Fsp3) is 0.318. The molecule has 0 aliphatic carbocycles. The van der Waals surface area contributed by atoms with Gasteiger partial charge in [0.15, 0.2) is 0 Å². The van der Waals surface area contributed by atoms with E-state index in [1.54, 1.807) is 0 Å². The van der Waals surface area contributed by atoms with E-state index in [-0.39, 0.29) is 18.4 Å². The topological polar surface area (TPSA) is 78.5 Å². The summed E-state index contributed by atoms with van der Waals surface area (Å²) in [7, 11) is 0. The van der Waals surface area contributed by atoms with Crippen molar-refractivity contribution in [3.63, 3.8) is 0 Å². The molecule has 1 saturated heterocycles. The van der Waals surface area contributed by atoms with E-state index >= 15 is 0 Å². The van der Waals surface area contributed by atoms with Crippen LogP contribution in [0.15, 0.2) is 48.5 Å². The largest absolute Gasteiger partial charge is 0.326 e. The third-order valence-electron chi connectivity index (χ3n) is 4.98. The fourth-order valence-electron chi connectivity index (χ4n) is 3.40. The van der Waals surface area contributed by atoms with Crippen molar-refractivity contribution in [2.45, 2.75) is 39.2 Å². The first kappa shape index (κ1) is 19.6. The Bertz CT molecular complexity index is 880. The van der Waals surface area contributed by atoms with Crippen LogP contribution in [0.4, 0.5) is 10.5 Å². The second kappa shape index (κ2) is 8.69. The molecule has 2 N–H and O–H groups in total. The molecule has 0 radical (unpaired) electrons. The smallest absolute Gasteiger partial charge is 0.325 e. The number of amides is 4. The molecule has 6 heteroatoms. The number of hydrogen-bond acceptors (Lipinski definition) is 3. The van der Waals surface area contributed by atoms with Crippen LogP contribution < -0.4 is 10.6 Å². The maximum atomic E-state index is 12.6. The Hall–Kier alpha value is -3.15. The van der Waals surface area contributed by atoms with Gasteiger partial charge in [0.05, 0.1) is 0 Å². The molecule has 28 heavy (non-hydrogen) atoms. The highest BCUT2D eigenvalue weighted by Crippen LogP contribution is 2.21. The van der Waals surface area contributed by atoms with Crippen molar-refractivity contribution in [2.75, 3.05) is 11.9 Å². The highest BCUT2D eigenvalue weighted by Gasteiger charge is 2.38. The van der Waals surface area contributed by atoms with Crippen molar-refractivity contribution in [1.29, 1.82) is 0 Å². The van der Waals surface area contributed by atoms with Crippen LogP contribution in [0.1, 0.15) is 30.0 Å². The van der Waals surface area contributed by atoms with Crippen molar-refractivity contribution < 1.29 is 14.4 Å². The number of aryl methyl sites for hydroxylation is 3. The summed E-state index contributed by atoms with van der Waals surface area (Å²) in [4.78, 5) is 38.3. The SMILES string of the molecule is CCc1cccc(C)c1NC(=O)CN1C(=O)N[C@H](CCc2ccccc2)C1=O. The normalized spacial score (nSPS) is 16.2. The van der Waals surface area contributed by atoms with E-state index in [4.69, 9.17) is 0 Å². The van der Waals surface area contributed by atoms with Crippen molar-refractivity contribution in [2.24, 2.45) is 0 Å². The molecule has 1 aliphatic rings. The molecular formula is C22H25N3O3. The molecular weight excluding hydrogens is 354 g/mol. The molecule has 2 aromatic rings. The molecule has 6 nitrogen and oxygen atoms in total. The lowest BCUT2D eigenvalue weighted by Crippen LogP contribution is -2.38. The van der Waals surface area contributed by atoms with Crippen LogP contribution in [0.2, 0.25) is 0 Å². The van der Waals surface area contributed by atoms with Gasteiger partial charge in [0.1, 0.15) is 12.6 Å². The standard InChI is InChI=1S/C22H25N3O3/c1-3-17-11-7-8-15(2)20(17)24-19(26)14-25-21(27)18(23-22(25)28)13-12-16-9-5-4-6-10-16/h4-11,18H,3,12-14H2,1-2H3,(H,23,28)(H,24,26)/t18-/m1/s1. The molecule has 1 aliphatic heterocycles. The monoisotopic (exact) mass is 379 g/mol. The number of urea groups is 1. The molecule has 3 rings (SSSR count). The van der Waals surface area contributed by atoms with Gasteiger partial charge in [-0.1, -0.05) is 55.5 Å². The summed E-state index contributed by atoms with van der Waals surface area (Å²) in [6.45, 7) is 3.64. The van der Waals surface area contributed by atoms with Crippen LogP contribution in [0.5, 0.6) is 0 Å². The zero-order valence-electron chi connectivity index (χ0n) is 16.2. The average Bonchev–Trinajstić information content (AvgIpc) is 2.96. The summed E-state index contributed by atoms with van der Waals surface area (Å²) in [6.07, 6.45) is 1.97. The third-order valence-corrected chi connectivity index (χ3v) is 4.98. The second-order valence-electron chi connectivity index (χ2n) is 6.96. The van der Waals surface area contributed by atoms with Crippen molar-refractivity contribution >= 4 is 23.5 Å². The Morgan fingerprint density at radius 2 is 1.86 bits per heavy atom. The van der Waals surface area contributed by atoms with Gasteiger partial charge in [-0.15, -0.1) is 0 Å². The average molecular weight is 379 g/mol. The van der Waals surface area contributed by atoms with E-state index in [0.29, 0.717) is 12.8 Å². The number of imide groups is 1. The van der Waals surface area contributed by atoms with Crippen LogP contribution in [-0.4, -0.2) is 35.3 Å². The molecule has 0 bridgehead atoms. The molecule has 4 amide bonds. The van der Waals surface area contributed by atoms with Gasteiger partial charge in [-0.2, -0.15) is 0 Å². The molecule has 2 aromatic carbocycles. The Morgan fingerprint density at radius 1 is 1.11 bits per heavy atom. The summed E-state index contributed by atoms with van der Waals surface area (Å²) in [5.41, 5.74) is 3.83. The van der Waals surface area contributed by atoms with Gasteiger partial charge in [-0.3, -0.25) is 14.5 Å². The van der Waals surface area contributed by atoms with E-state index in [1.165, 1.54) is 0 Å². The number of carbonyl (C=O) groups excluding carboxylic acids is 3. The zero-order chi connectivity index (χ0) is 20.1. The van der Waals surface area contributed by atoms with Gasteiger partial charge >= 0.3 is 6.03 Å². The minimum atomic E-state index is -0.592. The van der Waals surface area contributed by atoms with Crippen LogP contribution in [0.3, 0.4) is 0 Å². The zero-order valence-corrected chi connectivity index (χ0v) is 16.2. The molecule has 0 spiro atoms. The van der Waals surface area contributed by atoms with Gasteiger partial charge in [0, 0.05) is 5.69 Å². The second-order valence-corrected chi connectivity index (χ2v) is 6.96. The number of carbonyl (C=O) groups is 3. The lowest BCUT2D eigenvalue weighted by atomic mass is 10.1. The first-order valence-electron chi connectivity index (χ1n) is 9.53. The third kappa shape index (κ3) is 4.39. The van der Waals surface area contributed by atoms with Gasteiger partial charge < -0.3 is 10.6 Å². The minimum Gasteiger partial charge on any atom is -0.326 e. The highest BCUT2D eigenvalue weighted by molar-refractivity contribution is 6.08. The molecule has 0 saturated carbocycles. The Labute approximate surface area is 164 Å². The van der Waals surface area contributed by atoms with Crippen LogP contribution in [0, 0.1) is 6.92 Å². The van der Waals surface area contributed by atoms with E-state index in [9.17, 15) is 14.4 Å². The maximum absolute atomic E-state index is 12.6. The number of nitrogens with zero attached hydrogens (tertiary/aromatic N) is 1. The predicted octanol–water partition coefficient (Wildman–Crippen LogP) is 3.05. The number of hydrogen-bond donors (Lipinski definition) is 2. The fourth-order valence-corrected chi connectivity index (χ4v) is 3.40. The van der Waals surface area contributed by atoms with Crippen LogP contribution in [-0.2, 0) is 22.4 Å². The van der Waals surface area contributed by atoms with Crippen molar-refractivity contribution in [1.82, 2.24) is 10.2 Å². The van der Waals surface area contributed by atoms with Crippen molar-refractivity contribution in [3.05, 3.63) is 65.2 Å². The van der Waals surface area contributed by atoms with Gasteiger partial charge in [0.25, 0.3) is 5.91 Å². The first-order chi connectivity index (χ1) is 13.5. The highest BCUT2D eigenvalue weighted by atomic mass is 16.2. The Kier molecular flexibility index (Phi) is 6.09. The maximum Gasteiger partial charge on any atom is 0.325 e. The quantitative estimate of drug-likeness (QED) is 0.726. The van der Waals surface area contributed by atoms with E-state index in [0.717, 1.165) is 33.7 Å². The molecule has 1 heterocycles. The summed E-state index contributed by atoms with van der Waals surface area (Å²) >= 11 is 0. The summed E-state index contributed by atoms with van der Waals surface area (Å²) < 4.78 is 0. The lowest BCUT2D eigenvalue weighted by Gasteiger charge is -2.16. The Morgan fingerprint density at radius 3 is 2.57 bits per heavy atom. The van der Waals surface area contributed by atoms with E-state index in [2.05, 4.69) is 10.6 Å². The first-order valence-corrected chi connectivity index (χ1v) is 9.53. The summed E-state index contributed by atoms with van der Waals surface area (Å²) in [6, 6.07) is 14.5. The Balaban J connectivity index is 1.60. The molecule has 1 atom stereocenters. The van der Waals surface area contributed by atoms with Gasteiger partial charge in [-0.05, 0) is 42.9 Å². The van der Waals surface area contributed by atoms with Crippen molar-refractivity contribution in [3.8, 4) is 0 Å². The number of benzene rings is 2. The molecule has 1 fully saturated rings. The van der Waals surface area contributed by atoms with Gasteiger partial charge in [-0.25, -0.2) is 4.79 Å². The summed E-state index contributed by atoms with van der Waals surface area (Å²) in [5, 5.41) is 5.54. The number of nitrogens with one attached hydrogen (secondary N) is 2. The molecule has 0 aromatic heterocycles. The lowest BCUT2D eigenvalue weighted by molar-refractivity contribution is -0.130. The number of rotatable bonds is 7. The molecule has 146 valence electrons. The predicted molar refractivity (Wildman–Crippen MR) is 108 cm³/mol. The number of para-hydroxylation sites is 1. The van der Waals surface area contributed by atoms with Gasteiger partial charge in [0.2, 0.25) is 5.91 Å². The summed E-state index contributed by atoms with van der Waals surface area (Å²) in [5.74, 6) is -0.729.